The Morgan fingerprint density at radius 2 is 1.87 bits per heavy atom. The Bertz CT molecular complexity index is 528. The lowest BCUT2D eigenvalue weighted by atomic mass is 9.69. The van der Waals surface area contributed by atoms with Gasteiger partial charge in [0.15, 0.2) is 0 Å². The number of piperazine rings is 1. The van der Waals surface area contributed by atoms with Crippen molar-refractivity contribution in [3.05, 3.63) is 23.9 Å². The molecule has 1 aromatic heterocycles. The zero-order valence-corrected chi connectivity index (χ0v) is 14.1. The molecule has 2 fully saturated rings. The number of pyridine rings is 1. The highest BCUT2D eigenvalue weighted by Crippen LogP contribution is 2.39. The van der Waals surface area contributed by atoms with Crippen LogP contribution in [0.4, 0.5) is 5.82 Å². The van der Waals surface area contributed by atoms with Crippen molar-refractivity contribution in [2.75, 3.05) is 37.6 Å². The van der Waals surface area contributed by atoms with E-state index in [0.717, 1.165) is 69.8 Å². The minimum absolute atomic E-state index is 0.191. The molecule has 1 saturated heterocycles. The van der Waals surface area contributed by atoms with E-state index in [4.69, 9.17) is 5.73 Å². The Kier molecular flexibility index (Phi) is 4.85. The van der Waals surface area contributed by atoms with Crippen molar-refractivity contribution in [2.24, 2.45) is 5.73 Å². The molecule has 0 unspecified atom stereocenters. The van der Waals surface area contributed by atoms with Gasteiger partial charge in [-0.15, -0.1) is 0 Å². The van der Waals surface area contributed by atoms with Gasteiger partial charge in [-0.1, -0.05) is 32.3 Å². The van der Waals surface area contributed by atoms with Gasteiger partial charge in [0, 0.05) is 32.4 Å². The molecule has 0 bridgehead atoms. The Morgan fingerprint density at radius 1 is 1.17 bits per heavy atom. The summed E-state index contributed by atoms with van der Waals surface area (Å²) in [5, 5.41) is 0. The number of nitrogens with zero attached hydrogens (tertiary/aromatic N) is 3. The second-order valence-electron chi connectivity index (χ2n) is 6.83. The third-order valence-electron chi connectivity index (χ3n) is 5.62. The molecule has 0 radical (unpaired) electrons. The van der Waals surface area contributed by atoms with Crippen molar-refractivity contribution in [2.45, 2.75) is 44.4 Å². The highest BCUT2D eigenvalue weighted by atomic mass is 16.1. The number of anilines is 1. The molecule has 2 heterocycles. The molecule has 1 aromatic rings. The minimum Gasteiger partial charge on any atom is -0.369 e. The fourth-order valence-electron chi connectivity index (χ4n) is 3.98. The first-order chi connectivity index (χ1) is 11.2. The van der Waals surface area contributed by atoms with Gasteiger partial charge in [0.2, 0.25) is 5.91 Å². The first kappa shape index (κ1) is 16.2. The number of hydrogen-bond donors (Lipinski definition) is 1. The van der Waals surface area contributed by atoms with Gasteiger partial charge >= 0.3 is 0 Å². The number of nitrogens with two attached hydrogens (primary N) is 1. The van der Waals surface area contributed by atoms with Gasteiger partial charge in [0.05, 0.1) is 5.41 Å². The highest BCUT2D eigenvalue weighted by Gasteiger charge is 2.39. The van der Waals surface area contributed by atoms with Crippen molar-refractivity contribution < 1.29 is 4.79 Å². The zero-order valence-electron chi connectivity index (χ0n) is 14.1. The molecular weight excluding hydrogens is 288 g/mol. The maximum atomic E-state index is 12.1. The van der Waals surface area contributed by atoms with Crippen LogP contribution < -0.4 is 10.6 Å². The van der Waals surface area contributed by atoms with E-state index in [1.807, 2.05) is 6.20 Å². The van der Waals surface area contributed by atoms with Crippen LogP contribution in [0.15, 0.2) is 18.3 Å². The number of primary amides is 1. The van der Waals surface area contributed by atoms with Crippen molar-refractivity contribution in [1.29, 1.82) is 0 Å². The van der Waals surface area contributed by atoms with E-state index in [0.29, 0.717) is 0 Å². The molecule has 1 aliphatic carbocycles. The van der Waals surface area contributed by atoms with E-state index in [2.05, 4.69) is 33.8 Å². The number of carbonyl (C=O) groups excluding carboxylic acids is 1. The Labute approximate surface area is 138 Å². The summed E-state index contributed by atoms with van der Waals surface area (Å²) in [7, 11) is 0. The normalized spacial score (nSPS) is 22.0. The number of carbonyl (C=O) groups is 1. The molecule has 1 saturated carbocycles. The average molecular weight is 316 g/mol. The summed E-state index contributed by atoms with van der Waals surface area (Å²) in [4.78, 5) is 21.5. The van der Waals surface area contributed by atoms with Crippen LogP contribution in [0.2, 0.25) is 0 Å². The van der Waals surface area contributed by atoms with Crippen molar-refractivity contribution in [1.82, 2.24) is 9.88 Å². The van der Waals surface area contributed by atoms with E-state index in [9.17, 15) is 4.79 Å². The average Bonchev–Trinajstić information content (AvgIpc) is 2.62. The van der Waals surface area contributed by atoms with E-state index in [1.54, 1.807) is 0 Å². The Hall–Kier alpha value is -1.62. The van der Waals surface area contributed by atoms with Crippen LogP contribution in [0.3, 0.4) is 0 Å². The van der Waals surface area contributed by atoms with Gasteiger partial charge in [0.1, 0.15) is 5.82 Å². The minimum atomic E-state index is -0.495. The summed E-state index contributed by atoms with van der Waals surface area (Å²) in [6, 6.07) is 4.14. The van der Waals surface area contributed by atoms with Crippen LogP contribution in [0.5, 0.6) is 0 Å². The van der Waals surface area contributed by atoms with Gasteiger partial charge in [-0.3, -0.25) is 4.79 Å². The van der Waals surface area contributed by atoms with Crippen molar-refractivity contribution >= 4 is 11.7 Å². The monoisotopic (exact) mass is 316 g/mol. The molecule has 126 valence electrons. The standard InChI is InChI=1S/C18H28N4O/c1-2-21-10-12-22(13-11-21)16-7-6-15(14-20-16)18(17(19)23)8-4-3-5-9-18/h6-7,14H,2-5,8-13H2,1H3,(H2,19,23). The molecule has 1 amide bonds. The quantitative estimate of drug-likeness (QED) is 0.922. The number of rotatable bonds is 4. The molecule has 2 aliphatic rings. The smallest absolute Gasteiger partial charge is 0.228 e. The number of amides is 1. The lowest BCUT2D eigenvalue weighted by Crippen LogP contribution is -2.46. The number of likely N-dealkylation sites (N-methyl/N-ethyl adjacent to an activating group) is 1. The predicted octanol–water partition coefficient (Wildman–Crippen LogP) is 1.91. The molecule has 1 aliphatic heterocycles. The summed E-state index contributed by atoms with van der Waals surface area (Å²) < 4.78 is 0. The van der Waals surface area contributed by atoms with Crippen LogP contribution in [0, 0.1) is 0 Å². The second kappa shape index (κ2) is 6.87. The summed E-state index contributed by atoms with van der Waals surface area (Å²) in [6.45, 7) is 7.52. The molecule has 0 atom stereocenters. The summed E-state index contributed by atoms with van der Waals surface area (Å²) in [5.74, 6) is 0.822. The first-order valence-electron chi connectivity index (χ1n) is 8.89. The van der Waals surface area contributed by atoms with E-state index < -0.39 is 5.41 Å². The lowest BCUT2D eigenvalue weighted by molar-refractivity contribution is -0.124. The van der Waals surface area contributed by atoms with Gasteiger partial charge < -0.3 is 15.5 Å². The lowest BCUT2D eigenvalue weighted by Gasteiger charge is -2.36. The highest BCUT2D eigenvalue weighted by molar-refractivity contribution is 5.86. The van der Waals surface area contributed by atoms with Gasteiger partial charge in [-0.05, 0) is 31.0 Å². The van der Waals surface area contributed by atoms with Crippen LogP contribution in [-0.4, -0.2) is 48.5 Å². The maximum Gasteiger partial charge on any atom is 0.228 e. The molecule has 0 aromatic carbocycles. The van der Waals surface area contributed by atoms with Crippen LogP contribution in [-0.2, 0) is 10.2 Å². The van der Waals surface area contributed by atoms with E-state index in [-0.39, 0.29) is 5.91 Å². The molecule has 2 N–H and O–H groups in total. The topological polar surface area (TPSA) is 62.5 Å². The number of aromatic nitrogens is 1. The molecular formula is C18H28N4O. The second-order valence-corrected chi connectivity index (χ2v) is 6.83. The summed E-state index contributed by atoms with van der Waals surface area (Å²) >= 11 is 0. The molecule has 5 nitrogen and oxygen atoms in total. The fraction of sp³-hybridized carbons (Fsp3) is 0.667. The Balaban J connectivity index is 1.75. The largest absolute Gasteiger partial charge is 0.369 e. The molecule has 0 spiro atoms. The third-order valence-corrected chi connectivity index (χ3v) is 5.62. The van der Waals surface area contributed by atoms with Crippen LogP contribution in [0.1, 0.15) is 44.6 Å². The van der Waals surface area contributed by atoms with Gasteiger partial charge in [-0.2, -0.15) is 0 Å². The third kappa shape index (κ3) is 3.20. The molecule has 5 heteroatoms. The number of hydrogen-bond acceptors (Lipinski definition) is 4. The van der Waals surface area contributed by atoms with Crippen LogP contribution >= 0.6 is 0 Å². The van der Waals surface area contributed by atoms with E-state index >= 15 is 0 Å². The predicted molar refractivity (Wildman–Crippen MR) is 92.5 cm³/mol. The Morgan fingerprint density at radius 3 is 2.39 bits per heavy atom. The van der Waals surface area contributed by atoms with Crippen molar-refractivity contribution in [3.63, 3.8) is 0 Å². The zero-order chi connectivity index (χ0) is 16.3. The fourth-order valence-corrected chi connectivity index (χ4v) is 3.98. The van der Waals surface area contributed by atoms with Crippen LogP contribution in [0.25, 0.3) is 0 Å². The van der Waals surface area contributed by atoms with Gasteiger partial charge in [0.25, 0.3) is 0 Å². The summed E-state index contributed by atoms with van der Waals surface area (Å²) in [5.41, 5.74) is 6.27. The summed E-state index contributed by atoms with van der Waals surface area (Å²) in [6.07, 6.45) is 6.95. The molecule has 3 rings (SSSR count). The maximum absolute atomic E-state index is 12.1. The SMILES string of the molecule is CCN1CCN(c2ccc(C3(C(N)=O)CCCCC3)cn2)CC1. The van der Waals surface area contributed by atoms with Crippen molar-refractivity contribution in [3.8, 4) is 0 Å². The first-order valence-corrected chi connectivity index (χ1v) is 8.89. The molecule has 23 heavy (non-hydrogen) atoms. The van der Waals surface area contributed by atoms with Gasteiger partial charge in [-0.25, -0.2) is 4.98 Å². The van der Waals surface area contributed by atoms with E-state index in [1.165, 1.54) is 6.42 Å².